The molecule has 0 saturated carbocycles. The second kappa shape index (κ2) is 7.90. The number of nitrogens with one attached hydrogen (secondary N) is 1. The molecule has 6 heteroatoms. The van der Waals surface area contributed by atoms with Gasteiger partial charge in [0.2, 0.25) is 0 Å². The van der Waals surface area contributed by atoms with Gasteiger partial charge in [0.25, 0.3) is 5.91 Å². The van der Waals surface area contributed by atoms with Gasteiger partial charge in [0, 0.05) is 36.1 Å². The molecule has 0 aliphatic carbocycles. The van der Waals surface area contributed by atoms with E-state index in [1.54, 1.807) is 4.90 Å². The first kappa shape index (κ1) is 20.3. The summed E-state index contributed by atoms with van der Waals surface area (Å²) in [4.78, 5) is 15.4. The largest absolute Gasteiger partial charge is 0.389 e. The Bertz CT molecular complexity index is 1380. The van der Waals surface area contributed by atoms with Crippen LogP contribution in [0.5, 0.6) is 0 Å². The van der Waals surface area contributed by atoms with Gasteiger partial charge in [-0.25, -0.2) is 0 Å². The summed E-state index contributed by atoms with van der Waals surface area (Å²) in [6, 6.07) is 18.7. The standard InChI is InChI=1S/C27H27N3O3/c1-29-11-9-20-17(5-4-8-23(20)29)13-18-14-22-26(21-7-3-2-6-19(18)21)28-16-30(27(22)32)24-10-12-33-15-25(24)31/h2-9,11,14,24-25,28,31H,10,12-13,15-16H2,1H3. The summed E-state index contributed by atoms with van der Waals surface area (Å²) in [6.07, 6.45) is 2.80. The van der Waals surface area contributed by atoms with E-state index in [0.29, 0.717) is 25.3 Å². The average Bonchev–Trinajstić information content (AvgIpc) is 3.22. The summed E-state index contributed by atoms with van der Waals surface area (Å²) in [5, 5.41) is 17.4. The van der Waals surface area contributed by atoms with Crippen molar-refractivity contribution in [3.63, 3.8) is 0 Å². The highest BCUT2D eigenvalue weighted by molar-refractivity contribution is 6.11. The molecule has 1 aromatic heterocycles. The smallest absolute Gasteiger partial charge is 0.257 e. The SMILES string of the molecule is Cn1ccc2c(Cc3cc4c(c5ccccc35)NCN(C3CCOCC3O)C4=O)cccc21. The fourth-order valence-corrected chi connectivity index (χ4v) is 5.41. The lowest BCUT2D eigenvalue weighted by atomic mass is 9.91. The molecule has 6 rings (SSSR count). The Morgan fingerprint density at radius 1 is 1.06 bits per heavy atom. The molecule has 0 spiro atoms. The van der Waals surface area contributed by atoms with E-state index in [4.69, 9.17) is 4.74 Å². The molecule has 2 N–H and O–H groups in total. The molecule has 3 heterocycles. The minimum absolute atomic E-state index is 0.0281. The van der Waals surface area contributed by atoms with Crippen molar-refractivity contribution in [1.29, 1.82) is 0 Å². The molecule has 6 nitrogen and oxygen atoms in total. The molecule has 1 saturated heterocycles. The lowest BCUT2D eigenvalue weighted by Crippen LogP contribution is -2.54. The van der Waals surface area contributed by atoms with Crippen molar-refractivity contribution in [3.05, 3.63) is 77.5 Å². The third kappa shape index (κ3) is 3.29. The fourth-order valence-electron chi connectivity index (χ4n) is 5.41. The maximum Gasteiger partial charge on any atom is 0.257 e. The van der Waals surface area contributed by atoms with Crippen molar-refractivity contribution in [3.8, 4) is 0 Å². The summed E-state index contributed by atoms with van der Waals surface area (Å²) in [7, 11) is 2.06. The van der Waals surface area contributed by atoms with Crippen LogP contribution < -0.4 is 5.32 Å². The van der Waals surface area contributed by atoms with Gasteiger partial charge in [0.1, 0.15) is 0 Å². The van der Waals surface area contributed by atoms with Crippen LogP contribution in [0.25, 0.3) is 21.7 Å². The second-order valence-electron chi connectivity index (χ2n) is 9.07. The Labute approximate surface area is 192 Å². The number of anilines is 1. The highest BCUT2D eigenvalue weighted by atomic mass is 16.5. The molecule has 33 heavy (non-hydrogen) atoms. The zero-order valence-corrected chi connectivity index (χ0v) is 18.6. The van der Waals surface area contributed by atoms with E-state index in [1.807, 2.05) is 12.1 Å². The molecule has 2 unspecified atom stereocenters. The van der Waals surface area contributed by atoms with Crippen molar-refractivity contribution in [1.82, 2.24) is 9.47 Å². The van der Waals surface area contributed by atoms with Crippen molar-refractivity contribution in [2.45, 2.75) is 25.0 Å². The van der Waals surface area contributed by atoms with Gasteiger partial charge in [0.05, 0.1) is 36.7 Å². The first-order chi connectivity index (χ1) is 16.1. The molecule has 4 aromatic rings. The van der Waals surface area contributed by atoms with Crippen LogP contribution >= 0.6 is 0 Å². The molecule has 3 aromatic carbocycles. The van der Waals surface area contributed by atoms with Gasteiger partial charge in [-0.2, -0.15) is 0 Å². The third-order valence-corrected chi connectivity index (χ3v) is 7.14. The Kier molecular flexibility index (Phi) is 4.85. The van der Waals surface area contributed by atoms with E-state index in [0.717, 1.165) is 28.4 Å². The molecular weight excluding hydrogens is 414 g/mol. The summed E-state index contributed by atoms with van der Waals surface area (Å²) < 4.78 is 7.51. The number of fused-ring (bicyclic) bond motifs is 4. The number of hydrogen-bond donors (Lipinski definition) is 2. The predicted octanol–water partition coefficient (Wildman–Crippen LogP) is 3.90. The summed E-state index contributed by atoms with van der Waals surface area (Å²) in [5.74, 6) is -0.0281. The van der Waals surface area contributed by atoms with Crippen molar-refractivity contribution in [2.75, 3.05) is 25.2 Å². The number of aliphatic hydroxyl groups excluding tert-OH is 1. The first-order valence-corrected chi connectivity index (χ1v) is 11.5. The summed E-state index contributed by atoms with van der Waals surface area (Å²) in [5.41, 5.74) is 5.13. The third-order valence-electron chi connectivity index (χ3n) is 7.14. The van der Waals surface area contributed by atoms with Gasteiger partial charge >= 0.3 is 0 Å². The van der Waals surface area contributed by atoms with E-state index < -0.39 is 6.10 Å². The van der Waals surface area contributed by atoms with E-state index in [1.165, 1.54) is 16.5 Å². The highest BCUT2D eigenvalue weighted by Gasteiger charge is 2.36. The number of carbonyl (C=O) groups excluding carboxylic acids is 1. The number of aryl methyl sites for hydroxylation is 1. The van der Waals surface area contributed by atoms with Crippen molar-refractivity contribution >= 4 is 33.3 Å². The zero-order valence-electron chi connectivity index (χ0n) is 18.6. The Morgan fingerprint density at radius 2 is 1.91 bits per heavy atom. The molecule has 2 atom stereocenters. The number of amides is 1. The van der Waals surface area contributed by atoms with Crippen LogP contribution in [0.3, 0.4) is 0 Å². The number of ether oxygens (including phenoxy) is 1. The maximum absolute atomic E-state index is 13.7. The minimum atomic E-state index is -0.665. The Morgan fingerprint density at radius 3 is 2.76 bits per heavy atom. The van der Waals surface area contributed by atoms with Gasteiger partial charge in [-0.05, 0) is 47.6 Å². The van der Waals surface area contributed by atoms with Crippen LogP contribution in [0.4, 0.5) is 5.69 Å². The number of aromatic nitrogens is 1. The monoisotopic (exact) mass is 441 g/mol. The molecule has 0 bridgehead atoms. The average molecular weight is 442 g/mol. The number of benzene rings is 3. The van der Waals surface area contributed by atoms with Crippen LogP contribution in [-0.4, -0.2) is 52.5 Å². The lowest BCUT2D eigenvalue weighted by molar-refractivity contribution is -0.0563. The fraction of sp³-hybridized carbons (Fsp3) is 0.296. The number of hydrogen-bond acceptors (Lipinski definition) is 4. The number of rotatable bonds is 3. The van der Waals surface area contributed by atoms with Crippen LogP contribution in [0.2, 0.25) is 0 Å². The number of carbonyl (C=O) groups is 1. The van der Waals surface area contributed by atoms with Gasteiger partial charge < -0.3 is 24.6 Å². The molecule has 1 amide bonds. The molecular formula is C27H27N3O3. The van der Waals surface area contributed by atoms with Crippen LogP contribution in [0, 0.1) is 0 Å². The number of nitrogens with zero attached hydrogens (tertiary/aromatic N) is 2. The van der Waals surface area contributed by atoms with Gasteiger partial charge in [-0.15, -0.1) is 0 Å². The van der Waals surface area contributed by atoms with E-state index in [9.17, 15) is 9.90 Å². The molecule has 2 aliphatic rings. The zero-order chi connectivity index (χ0) is 22.5. The Hall–Kier alpha value is -3.35. The molecule has 168 valence electrons. The summed E-state index contributed by atoms with van der Waals surface area (Å²) >= 11 is 0. The molecule has 1 fully saturated rings. The van der Waals surface area contributed by atoms with Gasteiger partial charge in [-0.1, -0.05) is 36.4 Å². The number of aliphatic hydroxyl groups is 1. The Balaban J connectivity index is 1.45. The van der Waals surface area contributed by atoms with Crippen LogP contribution in [0.15, 0.2) is 60.8 Å². The quantitative estimate of drug-likeness (QED) is 0.506. The highest BCUT2D eigenvalue weighted by Crippen LogP contribution is 2.36. The van der Waals surface area contributed by atoms with Crippen molar-refractivity contribution in [2.24, 2.45) is 7.05 Å². The predicted molar refractivity (Wildman–Crippen MR) is 130 cm³/mol. The lowest BCUT2D eigenvalue weighted by Gasteiger charge is -2.40. The second-order valence-corrected chi connectivity index (χ2v) is 9.07. The van der Waals surface area contributed by atoms with Crippen LogP contribution in [0.1, 0.15) is 27.9 Å². The maximum atomic E-state index is 13.7. The van der Waals surface area contributed by atoms with Crippen LogP contribution in [-0.2, 0) is 18.2 Å². The van der Waals surface area contributed by atoms with E-state index in [-0.39, 0.29) is 18.6 Å². The summed E-state index contributed by atoms with van der Waals surface area (Å²) in [6.45, 7) is 1.22. The minimum Gasteiger partial charge on any atom is -0.389 e. The first-order valence-electron chi connectivity index (χ1n) is 11.5. The van der Waals surface area contributed by atoms with Gasteiger partial charge in [-0.3, -0.25) is 4.79 Å². The molecule has 0 radical (unpaired) electrons. The van der Waals surface area contributed by atoms with E-state index >= 15 is 0 Å². The molecule has 2 aliphatic heterocycles. The normalized spacial score (nSPS) is 20.8. The van der Waals surface area contributed by atoms with E-state index in [2.05, 4.69) is 65.6 Å². The van der Waals surface area contributed by atoms with Crippen molar-refractivity contribution < 1.29 is 14.6 Å². The van der Waals surface area contributed by atoms with Gasteiger partial charge in [0.15, 0.2) is 0 Å². The topological polar surface area (TPSA) is 66.7 Å².